The Bertz CT molecular complexity index is 1680. The molecule has 2 aliphatic rings. The molecule has 6 rings (SSSR count). The normalized spacial score (nSPS) is 18.1. The van der Waals surface area contributed by atoms with E-state index < -0.39 is 11.4 Å². The maximum atomic E-state index is 14.7. The molecule has 38 heavy (non-hydrogen) atoms. The largest absolute Gasteiger partial charge is 0.450 e. The number of aryl methyl sites for hydroxylation is 1. The Kier molecular flexibility index (Phi) is 5.85. The maximum Gasteiger partial charge on any atom is 0.291 e. The Morgan fingerprint density at radius 2 is 1.76 bits per heavy atom. The van der Waals surface area contributed by atoms with Crippen LogP contribution < -0.4 is 10.3 Å². The molecule has 1 spiro atoms. The van der Waals surface area contributed by atoms with Gasteiger partial charge in [-0.3, -0.25) is 14.4 Å². The zero-order valence-electron chi connectivity index (χ0n) is 21.0. The van der Waals surface area contributed by atoms with Gasteiger partial charge in [-0.15, -0.1) is 0 Å². The van der Waals surface area contributed by atoms with E-state index in [0.29, 0.717) is 40.3 Å². The minimum atomic E-state index is -1.66. The molecule has 1 unspecified atom stereocenters. The van der Waals surface area contributed by atoms with Crippen molar-refractivity contribution in [3.05, 3.63) is 110 Å². The van der Waals surface area contributed by atoms with Crippen LogP contribution in [0.3, 0.4) is 0 Å². The molecule has 0 radical (unpaired) electrons. The van der Waals surface area contributed by atoms with Crippen LogP contribution in [0.15, 0.2) is 75.9 Å². The number of methoxy groups -OCH3 is 1. The molecule has 192 valence electrons. The number of benzene rings is 3. The van der Waals surface area contributed by atoms with Crippen molar-refractivity contribution in [1.82, 2.24) is 4.90 Å². The van der Waals surface area contributed by atoms with Gasteiger partial charge in [-0.25, -0.2) is 0 Å². The lowest BCUT2D eigenvalue weighted by Gasteiger charge is -2.34. The Morgan fingerprint density at radius 1 is 1.00 bits per heavy atom. The fourth-order valence-corrected chi connectivity index (χ4v) is 5.92. The molecule has 4 aromatic rings. The highest BCUT2D eigenvalue weighted by Crippen LogP contribution is 2.53. The van der Waals surface area contributed by atoms with Crippen molar-refractivity contribution in [2.24, 2.45) is 0 Å². The number of para-hydroxylation sites is 1. The van der Waals surface area contributed by atoms with E-state index in [1.807, 2.05) is 55.5 Å². The van der Waals surface area contributed by atoms with E-state index in [4.69, 9.17) is 20.8 Å². The van der Waals surface area contributed by atoms with Crippen LogP contribution >= 0.6 is 11.6 Å². The van der Waals surface area contributed by atoms with E-state index >= 15 is 0 Å². The highest BCUT2D eigenvalue weighted by Gasteiger charge is 2.64. The predicted octanol–water partition coefficient (Wildman–Crippen LogP) is 5.04. The van der Waals surface area contributed by atoms with Gasteiger partial charge in [0, 0.05) is 30.8 Å². The van der Waals surface area contributed by atoms with Crippen LogP contribution in [-0.4, -0.2) is 37.0 Å². The molecular formula is C30H25ClN2O5. The van der Waals surface area contributed by atoms with E-state index in [1.54, 1.807) is 30.2 Å². The molecule has 0 aliphatic carbocycles. The molecule has 0 fully saturated rings. The van der Waals surface area contributed by atoms with Crippen molar-refractivity contribution in [1.29, 1.82) is 0 Å². The number of anilines is 1. The van der Waals surface area contributed by atoms with Crippen LogP contribution in [0.4, 0.5) is 5.69 Å². The minimum absolute atomic E-state index is 0.0668. The third-order valence-electron chi connectivity index (χ3n) is 7.41. The Labute approximate surface area is 224 Å². The summed E-state index contributed by atoms with van der Waals surface area (Å²) in [4.78, 5) is 45.9. The van der Waals surface area contributed by atoms with Gasteiger partial charge in [0.2, 0.25) is 5.76 Å². The van der Waals surface area contributed by atoms with Crippen LogP contribution in [0.5, 0.6) is 0 Å². The number of carbonyl (C=O) groups excluding carboxylic acids is 2. The summed E-state index contributed by atoms with van der Waals surface area (Å²) in [6, 6.07) is 19.9. The SMILES string of the molecule is COCCCN1C(=O)c2oc3ccc(C)cc3c(=O)c2C12C(=O)N(Cc1ccccc1Cl)c1ccccc12. The van der Waals surface area contributed by atoms with Crippen LogP contribution in [0.25, 0.3) is 11.0 Å². The highest BCUT2D eigenvalue weighted by atomic mass is 35.5. The van der Waals surface area contributed by atoms with Crippen LogP contribution in [0.1, 0.15) is 39.2 Å². The van der Waals surface area contributed by atoms with Crippen molar-refractivity contribution in [2.45, 2.75) is 25.4 Å². The van der Waals surface area contributed by atoms with Gasteiger partial charge < -0.3 is 19.0 Å². The molecule has 2 aliphatic heterocycles. The monoisotopic (exact) mass is 528 g/mol. The van der Waals surface area contributed by atoms with E-state index in [2.05, 4.69) is 0 Å². The average Bonchev–Trinajstić information content (AvgIpc) is 3.31. The number of nitrogens with zero attached hydrogens (tertiary/aromatic N) is 2. The zero-order chi connectivity index (χ0) is 26.6. The minimum Gasteiger partial charge on any atom is -0.450 e. The molecule has 0 saturated carbocycles. The summed E-state index contributed by atoms with van der Waals surface area (Å²) in [7, 11) is 1.58. The molecule has 1 aromatic heterocycles. The van der Waals surface area contributed by atoms with Crippen molar-refractivity contribution in [2.75, 3.05) is 25.2 Å². The maximum absolute atomic E-state index is 14.7. The summed E-state index contributed by atoms with van der Waals surface area (Å²) >= 11 is 6.47. The number of fused-ring (bicyclic) bond motifs is 5. The number of amides is 2. The predicted molar refractivity (Wildman–Crippen MR) is 145 cm³/mol. The fraction of sp³-hybridized carbons (Fsp3) is 0.233. The topological polar surface area (TPSA) is 80.1 Å². The number of ether oxygens (including phenoxy) is 1. The summed E-state index contributed by atoms with van der Waals surface area (Å²) in [5.74, 6) is -0.965. The van der Waals surface area contributed by atoms with Gasteiger partial charge in [-0.1, -0.05) is 59.6 Å². The molecule has 0 N–H and O–H groups in total. The van der Waals surface area contributed by atoms with Crippen LogP contribution in [-0.2, 0) is 21.6 Å². The third kappa shape index (κ3) is 3.35. The standard InChI is InChI=1S/C30H25ClN2O5/c1-18-12-13-24-20(16-18)26(34)25-27(38-24)28(35)33(14-7-15-37-2)30(25)21-9-4-6-11-23(21)32(29(30)36)17-19-8-3-5-10-22(19)31/h3-6,8-13,16H,7,14-15,17H2,1-2H3. The number of hydrogen-bond donors (Lipinski definition) is 0. The van der Waals surface area contributed by atoms with Gasteiger partial charge in [-0.2, -0.15) is 0 Å². The van der Waals surface area contributed by atoms with Gasteiger partial charge in [0.05, 0.1) is 23.2 Å². The van der Waals surface area contributed by atoms with E-state index in [-0.39, 0.29) is 35.7 Å². The lowest BCUT2D eigenvalue weighted by atomic mass is 9.84. The first-order valence-corrected chi connectivity index (χ1v) is 12.8. The number of hydrogen-bond acceptors (Lipinski definition) is 5. The first-order valence-electron chi connectivity index (χ1n) is 12.4. The molecular weight excluding hydrogens is 504 g/mol. The molecule has 3 heterocycles. The number of halogens is 1. The summed E-state index contributed by atoms with van der Waals surface area (Å²) < 4.78 is 11.3. The van der Waals surface area contributed by atoms with Gasteiger partial charge in [0.25, 0.3) is 11.8 Å². The quantitative estimate of drug-likeness (QED) is 0.328. The number of carbonyl (C=O) groups is 2. The van der Waals surface area contributed by atoms with E-state index in [9.17, 15) is 14.4 Å². The highest BCUT2D eigenvalue weighted by molar-refractivity contribution is 6.31. The Morgan fingerprint density at radius 3 is 2.55 bits per heavy atom. The van der Waals surface area contributed by atoms with Gasteiger partial charge >= 0.3 is 0 Å². The summed E-state index contributed by atoms with van der Waals surface area (Å²) in [5, 5.41) is 0.865. The average molecular weight is 529 g/mol. The van der Waals surface area contributed by atoms with Crippen molar-refractivity contribution in [3.63, 3.8) is 0 Å². The molecule has 1 atom stereocenters. The zero-order valence-corrected chi connectivity index (χ0v) is 21.7. The second-order valence-electron chi connectivity index (χ2n) is 9.65. The number of rotatable bonds is 6. The molecule has 7 nitrogen and oxygen atoms in total. The van der Waals surface area contributed by atoms with Gasteiger partial charge in [-0.05, 0) is 43.2 Å². The molecule has 2 amide bonds. The summed E-state index contributed by atoms with van der Waals surface area (Å²) in [5.41, 5.74) is 1.17. The Hall–Kier alpha value is -3.94. The molecule has 0 saturated heterocycles. The lowest BCUT2D eigenvalue weighted by molar-refractivity contribution is -0.126. The fourth-order valence-electron chi connectivity index (χ4n) is 5.73. The van der Waals surface area contributed by atoms with Crippen LogP contribution in [0.2, 0.25) is 5.02 Å². The lowest BCUT2D eigenvalue weighted by Crippen LogP contribution is -2.53. The smallest absolute Gasteiger partial charge is 0.291 e. The summed E-state index contributed by atoms with van der Waals surface area (Å²) in [6.07, 6.45) is 0.477. The van der Waals surface area contributed by atoms with E-state index in [1.165, 1.54) is 4.90 Å². The van der Waals surface area contributed by atoms with Crippen LogP contribution in [0, 0.1) is 6.92 Å². The first kappa shape index (κ1) is 24.4. The Balaban J connectivity index is 1.63. The van der Waals surface area contributed by atoms with Crippen molar-refractivity contribution >= 4 is 40.1 Å². The molecule has 8 heteroatoms. The third-order valence-corrected chi connectivity index (χ3v) is 7.78. The van der Waals surface area contributed by atoms with E-state index in [0.717, 1.165) is 11.1 Å². The van der Waals surface area contributed by atoms with Gasteiger partial charge in [0.15, 0.2) is 11.0 Å². The second-order valence-corrected chi connectivity index (χ2v) is 10.1. The molecule has 0 bridgehead atoms. The van der Waals surface area contributed by atoms with Gasteiger partial charge in [0.1, 0.15) is 5.58 Å². The molecule has 3 aromatic carbocycles. The second kappa shape index (κ2) is 9.11. The first-order chi connectivity index (χ1) is 18.4. The van der Waals surface area contributed by atoms with Crippen molar-refractivity contribution < 1.29 is 18.7 Å². The van der Waals surface area contributed by atoms with Crippen molar-refractivity contribution in [3.8, 4) is 0 Å². The summed E-state index contributed by atoms with van der Waals surface area (Å²) in [6.45, 7) is 2.65.